The van der Waals surface area contributed by atoms with E-state index in [1.54, 1.807) is 6.92 Å². The monoisotopic (exact) mass is 489 g/mol. The zero-order chi connectivity index (χ0) is 24.9. The van der Waals surface area contributed by atoms with Gasteiger partial charge in [0.2, 0.25) is 5.88 Å². The normalized spacial score (nSPS) is 28.3. The predicted molar refractivity (Wildman–Crippen MR) is 123 cm³/mol. The molecule has 2 aromatic rings. The van der Waals surface area contributed by atoms with E-state index in [-0.39, 0.29) is 16.7 Å². The molecule has 6 nitrogen and oxygen atoms in total. The number of nitrogens with zero attached hydrogens (tertiary/aromatic N) is 2. The third-order valence-electron chi connectivity index (χ3n) is 7.65. The minimum absolute atomic E-state index is 0.0914. The number of ether oxygens (including phenoxy) is 1. The number of fused-ring (bicyclic) bond motifs is 1. The van der Waals surface area contributed by atoms with Crippen LogP contribution in [0, 0.1) is 0 Å². The fraction of sp³-hybridized carbons (Fsp3) is 0.538. The topological polar surface area (TPSA) is 74.7 Å². The van der Waals surface area contributed by atoms with Crippen molar-refractivity contribution in [1.29, 1.82) is 0 Å². The molecule has 5 rings (SSSR count). The number of carbonyl (C=O) groups excluding carboxylic acids is 1. The number of amides is 1. The summed E-state index contributed by atoms with van der Waals surface area (Å²) in [7, 11) is 1.53. The van der Waals surface area contributed by atoms with Crippen molar-refractivity contribution in [3.05, 3.63) is 58.3 Å². The SMILES string of the molecule is COc1nc(C2CC(N3CC[C@@H](F)C3)C2)ccc1[C@H](C)NC(=O)c1ccc2c(c1)[C@H](O)CC2(F)F. The number of benzene rings is 1. The molecule has 1 aromatic carbocycles. The van der Waals surface area contributed by atoms with Crippen LogP contribution < -0.4 is 10.1 Å². The first-order valence-electron chi connectivity index (χ1n) is 12.1. The number of aromatic nitrogens is 1. The summed E-state index contributed by atoms with van der Waals surface area (Å²) in [5, 5.41) is 12.8. The van der Waals surface area contributed by atoms with Gasteiger partial charge in [-0.25, -0.2) is 18.2 Å². The lowest BCUT2D eigenvalue weighted by Crippen LogP contribution is -2.42. The minimum Gasteiger partial charge on any atom is -0.481 e. The fourth-order valence-corrected chi connectivity index (χ4v) is 5.52. The van der Waals surface area contributed by atoms with E-state index < -0.39 is 36.6 Å². The Labute approximate surface area is 202 Å². The van der Waals surface area contributed by atoms with Crippen LogP contribution in [-0.2, 0) is 5.92 Å². The maximum Gasteiger partial charge on any atom is 0.276 e. The Morgan fingerprint density at radius 3 is 2.74 bits per heavy atom. The highest BCUT2D eigenvalue weighted by Crippen LogP contribution is 2.47. The van der Waals surface area contributed by atoms with Crippen LogP contribution in [-0.4, -0.2) is 53.3 Å². The van der Waals surface area contributed by atoms with E-state index in [1.165, 1.54) is 25.3 Å². The Morgan fingerprint density at radius 1 is 1.29 bits per heavy atom. The number of carbonyl (C=O) groups is 1. The van der Waals surface area contributed by atoms with Crippen LogP contribution in [0.3, 0.4) is 0 Å². The average Bonchev–Trinajstić information content (AvgIpc) is 3.31. The molecule has 2 heterocycles. The molecule has 3 atom stereocenters. The van der Waals surface area contributed by atoms with Crippen LogP contribution in [0.15, 0.2) is 30.3 Å². The van der Waals surface area contributed by atoms with Crippen molar-refractivity contribution in [2.45, 2.75) is 68.8 Å². The minimum atomic E-state index is -3.09. The van der Waals surface area contributed by atoms with Crippen molar-refractivity contribution in [2.75, 3.05) is 20.2 Å². The number of pyridine rings is 1. The van der Waals surface area contributed by atoms with Gasteiger partial charge in [-0.15, -0.1) is 0 Å². The van der Waals surface area contributed by atoms with Crippen LogP contribution in [0.25, 0.3) is 0 Å². The van der Waals surface area contributed by atoms with Gasteiger partial charge >= 0.3 is 0 Å². The summed E-state index contributed by atoms with van der Waals surface area (Å²) in [5.74, 6) is -2.81. The van der Waals surface area contributed by atoms with Gasteiger partial charge in [0.05, 0.1) is 19.3 Å². The Balaban J connectivity index is 1.25. The Kier molecular flexibility index (Phi) is 6.25. The summed E-state index contributed by atoms with van der Waals surface area (Å²) in [6.07, 6.45) is -0.183. The largest absolute Gasteiger partial charge is 0.481 e. The zero-order valence-electron chi connectivity index (χ0n) is 19.8. The first-order valence-corrected chi connectivity index (χ1v) is 12.1. The van der Waals surface area contributed by atoms with Crippen molar-refractivity contribution >= 4 is 5.91 Å². The second kappa shape index (κ2) is 9.09. The number of halogens is 3. The maximum atomic E-state index is 14.0. The number of hydrogen-bond acceptors (Lipinski definition) is 5. The molecule has 2 aliphatic carbocycles. The smallest absolute Gasteiger partial charge is 0.276 e. The standard InChI is InChI=1S/C26H30F3N3O3/c1-14(30-24(34)15-3-5-21-20(11-15)23(33)12-26(21,28)29)19-4-6-22(31-25(19)35-2)16-9-18(10-16)32-8-7-17(27)13-32/h3-6,11,14,16-18,23,33H,7-10,12-13H2,1-2H3,(H,30,34)/t14-,16?,17+,18?,23+/m0/s1. The number of aliphatic hydroxyl groups is 1. The number of alkyl halides is 3. The van der Waals surface area contributed by atoms with Crippen LogP contribution in [0.4, 0.5) is 13.2 Å². The third kappa shape index (κ3) is 4.51. The van der Waals surface area contributed by atoms with Crippen LogP contribution in [0.1, 0.15) is 83.4 Å². The summed E-state index contributed by atoms with van der Waals surface area (Å²) in [5.41, 5.74) is 1.68. The van der Waals surface area contributed by atoms with Crippen molar-refractivity contribution in [3.63, 3.8) is 0 Å². The van der Waals surface area contributed by atoms with E-state index in [4.69, 9.17) is 4.74 Å². The van der Waals surface area contributed by atoms with E-state index in [2.05, 4.69) is 15.2 Å². The van der Waals surface area contributed by atoms with E-state index in [1.807, 2.05) is 12.1 Å². The molecule has 0 radical (unpaired) electrons. The highest BCUT2D eigenvalue weighted by atomic mass is 19.3. The van der Waals surface area contributed by atoms with Gasteiger partial charge < -0.3 is 15.2 Å². The summed E-state index contributed by atoms with van der Waals surface area (Å²) < 4.78 is 47.0. The molecule has 3 aliphatic rings. The molecular formula is C26H30F3N3O3. The molecule has 2 N–H and O–H groups in total. The van der Waals surface area contributed by atoms with E-state index >= 15 is 0 Å². The summed E-state index contributed by atoms with van der Waals surface area (Å²) >= 11 is 0. The van der Waals surface area contributed by atoms with Gasteiger partial charge in [0, 0.05) is 53.9 Å². The number of likely N-dealkylation sites (tertiary alicyclic amines) is 1. The fourth-order valence-electron chi connectivity index (χ4n) is 5.52. The lowest BCUT2D eigenvalue weighted by molar-refractivity contribution is -0.0294. The molecule has 0 bridgehead atoms. The van der Waals surface area contributed by atoms with Crippen LogP contribution >= 0.6 is 0 Å². The Morgan fingerprint density at radius 2 is 2.06 bits per heavy atom. The predicted octanol–water partition coefficient (Wildman–Crippen LogP) is 4.40. The quantitative estimate of drug-likeness (QED) is 0.629. The summed E-state index contributed by atoms with van der Waals surface area (Å²) in [4.78, 5) is 19.7. The lowest BCUT2D eigenvalue weighted by atomic mass is 9.77. The first kappa shape index (κ1) is 24.1. The molecule has 0 unspecified atom stereocenters. The molecule has 1 saturated heterocycles. The van der Waals surface area contributed by atoms with Crippen molar-refractivity contribution < 1.29 is 27.8 Å². The van der Waals surface area contributed by atoms with Crippen LogP contribution in [0.5, 0.6) is 5.88 Å². The molecule has 1 aromatic heterocycles. The number of aliphatic hydroxyl groups excluding tert-OH is 1. The second-order valence-corrected chi connectivity index (χ2v) is 9.96. The zero-order valence-corrected chi connectivity index (χ0v) is 19.8. The number of rotatable bonds is 6. The second-order valence-electron chi connectivity index (χ2n) is 9.96. The Hall–Kier alpha value is -2.65. The van der Waals surface area contributed by atoms with Gasteiger partial charge in [0.25, 0.3) is 11.8 Å². The van der Waals surface area contributed by atoms with Crippen molar-refractivity contribution in [3.8, 4) is 5.88 Å². The Bertz CT molecular complexity index is 1120. The van der Waals surface area contributed by atoms with Gasteiger partial charge in [0.1, 0.15) is 6.17 Å². The highest BCUT2D eigenvalue weighted by molar-refractivity contribution is 5.94. The molecule has 1 saturated carbocycles. The van der Waals surface area contributed by atoms with Gasteiger partial charge in [-0.2, -0.15) is 0 Å². The van der Waals surface area contributed by atoms with Gasteiger partial charge in [-0.05, 0) is 56.0 Å². The number of hydrogen-bond donors (Lipinski definition) is 2. The van der Waals surface area contributed by atoms with Gasteiger partial charge in [0.15, 0.2) is 0 Å². The molecular weight excluding hydrogens is 459 g/mol. The highest BCUT2D eigenvalue weighted by Gasteiger charge is 2.44. The summed E-state index contributed by atoms with van der Waals surface area (Å²) in [6.45, 7) is 3.14. The lowest BCUT2D eigenvalue weighted by Gasteiger charge is -2.41. The van der Waals surface area contributed by atoms with E-state index in [0.717, 1.165) is 25.1 Å². The van der Waals surface area contributed by atoms with E-state index in [0.29, 0.717) is 36.4 Å². The maximum absolute atomic E-state index is 14.0. The van der Waals surface area contributed by atoms with Crippen molar-refractivity contribution in [2.24, 2.45) is 0 Å². The molecule has 9 heteroatoms. The molecule has 35 heavy (non-hydrogen) atoms. The molecule has 0 spiro atoms. The average molecular weight is 490 g/mol. The van der Waals surface area contributed by atoms with Gasteiger partial charge in [-0.3, -0.25) is 9.69 Å². The van der Waals surface area contributed by atoms with E-state index in [9.17, 15) is 23.1 Å². The number of nitrogens with one attached hydrogen (secondary N) is 1. The molecule has 188 valence electrons. The third-order valence-corrected chi connectivity index (χ3v) is 7.65. The number of methoxy groups -OCH3 is 1. The van der Waals surface area contributed by atoms with Crippen LogP contribution in [0.2, 0.25) is 0 Å². The van der Waals surface area contributed by atoms with Crippen molar-refractivity contribution in [1.82, 2.24) is 15.2 Å². The molecule has 1 amide bonds. The van der Waals surface area contributed by atoms with Gasteiger partial charge in [-0.1, -0.05) is 6.07 Å². The summed E-state index contributed by atoms with van der Waals surface area (Å²) in [6, 6.07) is 7.68. The molecule has 2 fully saturated rings. The first-order chi connectivity index (χ1) is 16.7. The molecule has 1 aliphatic heterocycles.